The molecule has 0 bridgehead atoms. The molecule has 25 heavy (non-hydrogen) atoms. The summed E-state index contributed by atoms with van der Waals surface area (Å²) >= 11 is 6.12. The zero-order chi connectivity index (χ0) is 18.4. The van der Waals surface area contributed by atoms with Crippen LogP contribution < -0.4 is 4.72 Å². The third kappa shape index (κ3) is 4.79. The van der Waals surface area contributed by atoms with E-state index in [2.05, 4.69) is 9.46 Å². The van der Waals surface area contributed by atoms with Crippen molar-refractivity contribution in [1.29, 1.82) is 0 Å². The Labute approximate surface area is 151 Å². The molecule has 0 saturated heterocycles. The van der Waals surface area contributed by atoms with Gasteiger partial charge in [-0.05, 0) is 30.3 Å². The maximum absolute atomic E-state index is 12.4. The first kappa shape index (κ1) is 19.4. The van der Waals surface area contributed by atoms with E-state index in [9.17, 15) is 13.2 Å². The number of benzene rings is 2. The zero-order valence-electron chi connectivity index (χ0n) is 13.7. The molecule has 2 aromatic carbocycles. The van der Waals surface area contributed by atoms with E-state index in [1.807, 2.05) is 0 Å². The van der Waals surface area contributed by atoms with Crippen LogP contribution in [0.1, 0.15) is 22.0 Å². The average molecular weight is 384 g/mol. The molecule has 0 spiro atoms. The largest absolute Gasteiger partial charge is 0.465 e. The number of esters is 1. The topological polar surface area (TPSA) is 81.7 Å². The molecule has 0 heterocycles. The lowest BCUT2D eigenvalue weighted by Gasteiger charge is -2.18. The van der Waals surface area contributed by atoms with Gasteiger partial charge in [0.05, 0.1) is 23.7 Å². The predicted octanol–water partition coefficient (Wildman–Crippen LogP) is 2.79. The Morgan fingerprint density at radius 2 is 1.76 bits per heavy atom. The van der Waals surface area contributed by atoms with Crippen LogP contribution in [0.15, 0.2) is 53.4 Å². The van der Waals surface area contributed by atoms with Crippen molar-refractivity contribution in [2.75, 3.05) is 20.8 Å². The van der Waals surface area contributed by atoms with Crippen molar-refractivity contribution in [2.24, 2.45) is 0 Å². The molecule has 0 fully saturated rings. The minimum Gasteiger partial charge on any atom is -0.465 e. The first-order valence-corrected chi connectivity index (χ1v) is 9.20. The van der Waals surface area contributed by atoms with E-state index < -0.39 is 22.1 Å². The lowest BCUT2D eigenvalue weighted by molar-refractivity contribution is 0.0600. The molecular weight excluding hydrogens is 366 g/mol. The first-order valence-electron chi connectivity index (χ1n) is 7.34. The van der Waals surface area contributed by atoms with Crippen molar-refractivity contribution < 1.29 is 22.7 Å². The fraction of sp³-hybridized carbons (Fsp3) is 0.235. The van der Waals surface area contributed by atoms with Crippen molar-refractivity contribution in [2.45, 2.75) is 11.0 Å². The molecule has 6 nitrogen and oxygen atoms in total. The molecule has 134 valence electrons. The second kappa shape index (κ2) is 8.44. The van der Waals surface area contributed by atoms with E-state index >= 15 is 0 Å². The van der Waals surface area contributed by atoms with E-state index in [1.165, 1.54) is 38.5 Å². The van der Waals surface area contributed by atoms with E-state index in [4.69, 9.17) is 16.3 Å². The van der Waals surface area contributed by atoms with E-state index in [-0.39, 0.29) is 17.0 Å². The Morgan fingerprint density at radius 1 is 1.12 bits per heavy atom. The lowest BCUT2D eigenvalue weighted by atomic mass is 10.1. The van der Waals surface area contributed by atoms with Crippen LogP contribution in [-0.2, 0) is 19.5 Å². The van der Waals surface area contributed by atoms with Gasteiger partial charge in [0.2, 0.25) is 10.0 Å². The highest BCUT2D eigenvalue weighted by Gasteiger charge is 2.20. The number of carbonyl (C=O) groups excluding carboxylic acids is 1. The second-order valence-electron chi connectivity index (χ2n) is 5.11. The van der Waals surface area contributed by atoms with Gasteiger partial charge in [-0.1, -0.05) is 29.8 Å². The maximum atomic E-state index is 12.4. The summed E-state index contributed by atoms with van der Waals surface area (Å²) in [4.78, 5) is 11.4. The van der Waals surface area contributed by atoms with Crippen LogP contribution >= 0.6 is 11.6 Å². The van der Waals surface area contributed by atoms with Crippen LogP contribution in [0, 0.1) is 0 Å². The van der Waals surface area contributed by atoms with Crippen molar-refractivity contribution >= 4 is 27.6 Å². The summed E-state index contributed by atoms with van der Waals surface area (Å²) in [5.74, 6) is -0.532. The molecule has 1 atom stereocenters. The van der Waals surface area contributed by atoms with Gasteiger partial charge >= 0.3 is 5.97 Å². The van der Waals surface area contributed by atoms with Gasteiger partial charge in [-0.25, -0.2) is 17.9 Å². The average Bonchev–Trinajstić information content (AvgIpc) is 2.63. The van der Waals surface area contributed by atoms with E-state index in [0.29, 0.717) is 10.6 Å². The highest BCUT2D eigenvalue weighted by atomic mass is 35.5. The van der Waals surface area contributed by atoms with Crippen molar-refractivity contribution in [3.63, 3.8) is 0 Å². The molecule has 0 saturated carbocycles. The SMILES string of the molecule is COC(=O)c1ccc(S(=O)(=O)NCC(OC)c2ccccc2Cl)cc1. The maximum Gasteiger partial charge on any atom is 0.337 e. The molecule has 0 aliphatic heterocycles. The number of ether oxygens (including phenoxy) is 2. The number of carbonyl (C=O) groups is 1. The molecule has 2 aromatic rings. The first-order chi connectivity index (χ1) is 11.9. The fourth-order valence-electron chi connectivity index (χ4n) is 2.21. The van der Waals surface area contributed by atoms with Crippen LogP contribution in [0.25, 0.3) is 0 Å². The van der Waals surface area contributed by atoms with Gasteiger partial charge in [-0.2, -0.15) is 0 Å². The molecule has 0 aliphatic rings. The molecule has 0 aromatic heterocycles. The number of hydrogen-bond donors (Lipinski definition) is 1. The molecule has 0 radical (unpaired) electrons. The highest BCUT2D eigenvalue weighted by Crippen LogP contribution is 2.25. The third-order valence-electron chi connectivity index (χ3n) is 3.58. The standard InChI is InChI=1S/C17H18ClNO5S/c1-23-16(14-5-3-4-6-15(14)18)11-19-25(21,22)13-9-7-12(8-10-13)17(20)24-2/h3-10,16,19H,11H2,1-2H3. The van der Waals surface area contributed by atoms with Crippen LogP contribution in [0.2, 0.25) is 5.02 Å². The van der Waals surface area contributed by atoms with Gasteiger partial charge in [-0.3, -0.25) is 0 Å². The van der Waals surface area contributed by atoms with Crippen LogP contribution in [0.3, 0.4) is 0 Å². The molecule has 0 aliphatic carbocycles. The molecular formula is C17H18ClNO5S. The van der Waals surface area contributed by atoms with E-state index in [1.54, 1.807) is 24.3 Å². The number of methoxy groups -OCH3 is 2. The van der Waals surface area contributed by atoms with Gasteiger partial charge in [0.15, 0.2) is 0 Å². The summed E-state index contributed by atoms with van der Waals surface area (Å²) in [5.41, 5.74) is 0.961. The molecule has 8 heteroatoms. The summed E-state index contributed by atoms with van der Waals surface area (Å²) < 4.78 is 37.2. The quantitative estimate of drug-likeness (QED) is 0.743. The van der Waals surface area contributed by atoms with Gasteiger partial charge in [0, 0.05) is 24.2 Å². The number of hydrogen-bond acceptors (Lipinski definition) is 5. The van der Waals surface area contributed by atoms with Crippen molar-refractivity contribution in [3.05, 3.63) is 64.7 Å². The minimum absolute atomic E-state index is 0.0152. The second-order valence-corrected chi connectivity index (χ2v) is 7.29. The normalized spacial score (nSPS) is 12.6. The lowest BCUT2D eigenvalue weighted by Crippen LogP contribution is -2.29. The fourth-order valence-corrected chi connectivity index (χ4v) is 3.50. The third-order valence-corrected chi connectivity index (χ3v) is 5.36. The molecule has 0 amide bonds. The molecule has 2 rings (SSSR count). The smallest absolute Gasteiger partial charge is 0.337 e. The Morgan fingerprint density at radius 3 is 2.32 bits per heavy atom. The van der Waals surface area contributed by atoms with Crippen molar-refractivity contribution in [1.82, 2.24) is 4.72 Å². The van der Waals surface area contributed by atoms with Crippen LogP contribution in [0.5, 0.6) is 0 Å². The highest BCUT2D eigenvalue weighted by molar-refractivity contribution is 7.89. The summed E-state index contributed by atoms with van der Waals surface area (Å²) in [6, 6.07) is 12.5. The van der Waals surface area contributed by atoms with E-state index in [0.717, 1.165) is 0 Å². The summed E-state index contributed by atoms with van der Waals surface area (Å²) in [7, 11) is -1.02. The van der Waals surface area contributed by atoms with Gasteiger partial charge < -0.3 is 9.47 Å². The summed E-state index contributed by atoms with van der Waals surface area (Å²) in [6.45, 7) is 0.0152. The summed E-state index contributed by atoms with van der Waals surface area (Å²) in [5, 5.41) is 0.496. The molecule has 1 N–H and O–H groups in total. The van der Waals surface area contributed by atoms with Gasteiger partial charge in [0.1, 0.15) is 0 Å². The van der Waals surface area contributed by atoms with Crippen molar-refractivity contribution in [3.8, 4) is 0 Å². The Balaban J connectivity index is 2.12. The van der Waals surface area contributed by atoms with Gasteiger partial charge in [0.25, 0.3) is 0 Å². The number of halogens is 1. The number of rotatable bonds is 7. The Hall–Kier alpha value is -1.93. The molecule has 1 unspecified atom stereocenters. The Bertz CT molecular complexity index is 836. The predicted molar refractivity (Wildman–Crippen MR) is 94.2 cm³/mol. The van der Waals surface area contributed by atoms with Crippen LogP contribution in [0.4, 0.5) is 0 Å². The number of nitrogens with one attached hydrogen (secondary N) is 1. The number of sulfonamides is 1. The zero-order valence-corrected chi connectivity index (χ0v) is 15.3. The minimum atomic E-state index is -3.76. The monoisotopic (exact) mass is 383 g/mol. The van der Waals surface area contributed by atoms with Crippen LogP contribution in [-0.4, -0.2) is 35.2 Å². The summed E-state index contributed by atoms with van der Waals surface area (Å²) in [6.07, 6.45) is -0.530. The van der Waals surface area contributed by atoms with Gasteiger partial charge in [-0.15, -0.1) is 0 Å². The Kier molecular flexibility index (Phi) is 6.55.